The zero-order chi connectivity index (χ0) is 36.5. The van der Waals surface area contributed by atoms with Gasteiger partial charge < -0.3 is 15.0 Å². The summed E-state index contributed by atoms with van der Waals surface area (Å²) in [6.45, 7) is 10.2. The summed E-state index contributed by atoms with van der Waals surface area (Å²) in [5, 5.41) is 14.0. The van der Waals surface area contributed by atoms with Crippen molar-refractivity contribution in [2.24, 2.45) is 13.0 Å². The predicted octanol–water partition coefficient (Wildman–Crippen LogP) is 5.43. The van der Waals surface area contributed by atoms with E-state index in [0.29, 0.717) is 25.2 Å². The Morgan fingerprint density at radius 2 is 1.63 bits per heavy atom. The van der Waals surface area contributed by atoms with Gasteiger partial charge in [0.1, 0.15) is 11.3 Å². The molecule has 2 aliphatic heterocycles. The fraction of sp³-hybridized carbons (Fsp3) is 0.357. The molecule has 5 heterocycles. The number of aliphatic hydroxyl groups excluding tert-OH is 1. The minimum atomic E-state index is -0.451. The van der Waals surface area contributed by atoms with E-state index in [4.69, 9.17) is 9.97 Å². The number of carbonyl (C=O) groups is 2. The number of pyridine rings is 3. The molecule has 0 radical (unpaired) electrons. The van der Waals surface area contributed by atoms with Gasteiger partial charge in [0, 0.05) is 81.8 Å². The van der Waals surface area contributed by atoms with Crippen molar-refractivity contribution in [2.45, 2.75) is 59.2 Å². The molecule has 10 nitrogen and oxygen atoms in total. The summed E-state index contributed by atoms with van der Waals surface area (Å²) in [5.41, 5.74) is 9.35. The monoisotopic (exact) mass is 698 g/mol. The topological polar surface area (TPSA) is 121 Å². The number of ketones is 1. The van der Waals surface area contributed by atoms with E-state index in [1.807, 2.05) is 37.5 Å². The highest BCUT2D eigenvalue weighted by Crippen LogP contribution is 2.33. The van der Waals surface area contributed by atoms with Gasteiger partial charge in [0.2, 0.25) is 0 Å². The number of β-amino-alcohol motifs (C(OH)–C–C–N with tert-alkyl or cyclic N) is 1. The Morgan fingerprint density at radius 3 is 2.38 bits per heavy atom. The van der Waals surface area contributed by atoms with Crippen LogP contribution in [0.25, 0.3) is 22.0 Å². The molecule has 0 bridgehead atoms. The number of carbonyl (C=O) groups excluding carboxylic acids is 2. The molecule has 2 N–H and O–H groups in total. The van der Waals surface area contributed by atoms with Crippen molar-refractivity contribution >= 4 is 28.3 Å². The first kappa shape index (κ1) is 35.4. The molecule has 0 unspecified atom stereocenters. The number of anilines is 1. The third-order valence-electron chi connectivity index (χ3n) is 10.8. The Balaban J connectivity index is 1.10. The number of nitrogens with zero attached hydrogens (tertiary/aromatic N) is 5. The lowest BCUT2D eigenvalue weighted by Gasteiger charge is -2.18. The van der Waals surface area contributed by atoms with Gasteiger partial charge >= 0.3 is 0 Å². The van der Waals surface area contributed by atoms with Crippen molar-refractivity contribution in [3.8, 4) is 11.1 Å². The number of aliphatic hydroxyl groups is 1. The summed E-state index contributed by atoms with van der Waals surface area (Å²) in [4.78, 5) is 52.6. The maximum atomic E-state index is 13.6. The number of hydrogen-bond donors (Lipinski definition) is 2. The molecule has 2 fully saturated rings. The Bertz CT molecular complexity index is 2230. The van der Waals surface area contributed by atoms with E-state index < -0.39 is 5.91 Å². The average Bonchev–Trinajstić information content (AvgIpc) is 3.77. The molecule has 7 rings (SSSR count). The second-order valence-electron chi connectivity index (χ2n) is 14.6. The zero-order valence-electron chi connectivity index (χ0n) is 30.4. The minimum Gasteiger partial charge on any atom is -0.392 e. The zero-order valence-corrected chi connectivity index (χ0v) is 30.4. The molecule has 2 saturated heterocycles. The first-order valence-electron chi connectivity index (χ1n) is 18.1. The van der Waals surface area contributed by atoms with Crippen LogP contribution in [0.15, 0.2) is 78.0 Å². The molecule has 2 aromatic carbocycles. The van der Waals surface area contributed by atoms with Gasteiger partial charge in [-0.05, 0) is 103 Å². The lowest BCUT2D eigenvalue weighted by Crippen LogP contribution is -2.29. The summed E-state index contributed by atoms with van der Waals surface area (Å²) in [5.74, 6) is -0.0488. The number of likely N-dealkylation sites (tertiary alicyclic amines) is 2. The molecule has 5 aromatic rings. The highest BCUT2D eigenvalue weighted by molar-refractivity contribution is 6.05. The van der Waals surface area contributed by atoms with E-state index in [1.54, 1.807) is 26.2 Å². The van der Waals surface area contributed by atoms with Gasteiger partial charge in [-0.3, -0.25) is 34.2 Å². The van der Waals surface area contributed by atoms with Crippen LogP contribution in [0.4, 0.5) is 5.69 Å². The fourth-order valence-electron chi connectivity index (χ4n) is 7.79. The summed E-state index contributed by atoms with van der Waals surface area (Å²) >= 11 is 0. The molecule has 268 valence electrons. The molecule has 52 heavy (non-hydrogen) atoms. The van der Waals surface area contributed by atoms with Gasteiger partial charge in [0.15, 0.2) is 0 Å². The lowest BCUT2D eigenvalue weighted by atomic mass is 9.91. The Hall–Kier alpha value is -5.03. The summed E-state index contributed by atoms with van der Waals surface area (Å²) in [6.07, 6.45) is 7.45. The first-order chi connectivity index (χ1) is 25.0. The van der Waals surface area contributed by atoms with Crippen molar-refractivity contribution in [3.63, 3.8) is 0 Å². The normalized spacial score (nSPS) is 17.9. The molecule has 3 aromatic heterocycles. The van der Waals surface area contributed by atoms with Gasteiger partial charge in [-0.15, -0.1) is 0 Å². The molecule has 0 aliphatic carbocycles. The third-order valence-corrected chi connectivity index (χ3v) is 10.8. The fourth-order valence-corrected chi connectivity index (χ4v) is 7.79. The van der Waals surface area contributed by atoms with Crippen LogP contribution in [0, 0.1) is 19.8 Å². The number of hydrogen-bond acceptors (Lipinski definition) is 8. The van der Waals surface area contributed by atoms with E-state index in [-0.39, 0.29) is 28.9 Å². The lowest BCUT2D eigenvalue weighted by molar-refractivity contribution is -0.120. The van der Waals surface area contributed by atoms with E-state index in [1.165, 1.54) is 4.57 Å². The molecule has 10 heteroatoms. The van der Waals surface area contributed by atoms with Gasteiger partial charge in [0.05, 0.1) is 17.3 Å². The standard InChI is InChI=1S/C42H46N6O4/c1-26-31(19-39-40-32(11-14-43-39)17-29(20-44-40)22-47-15-12-33(24-47)28(3)49)7-5-8-35(26)36-9-6-10-38(27(36)2)45-41(51)37-18-30(21-46(4)42(37)52)23-48-16-13-34(50)25-48/h5-11,14,17-18,20-21,33-34,50H,12-13,15-16,19,22-25H2,1-4H3,(H,45,51)/t33-,34-/m1/s1. The maximum Gasteiger partial charge on any atom is 0.263 e. The van der Waals surface area contributed by atoms with E-state index >= 15 is 0 Å². The van der Waals surface area contributed by atoms with Crippen LogP contribution in [0.1, 0.15) is 63.6 Å². The summed E-state index contributed by atoms with van der Waals surface area (Å²) in [7, 11) is 1.66. The van der Waals surface area contributed by atoms with E-state index in [2.05, 4.69) is 52.4 Å². The quantitative estimate of drug-likeness (QED) is 0.198. The Morgan fingerprint density at radius 1 is 0.904 bits per heavy atom. The molecule has 0 saturated carbocycles. The van der Waals surface area contributed by atoms with Crippen LogP contribution in [-0.2, 0) is 31.4 Å². The van der Waals surface area contributed by atoms with Gasteiger partial charge in [-0.1, -0.05) is 30.3 Å². The van der Waals surface area contributed by atoms with Crippen molar-refractivity contribution in [1.82, 2.24) is 24.3 Å². The molecule has 0 spiro atoms. The van der Waals surface area contributed by atoms with Crippen LogP contribution in [-0.4, -0.2) is 73.4 Å². The van der Waals surface area contributed by atoms with Gasteiger partial charge in [0.25, 0.3) is 11.5 Å². The van der Waals surface area contributed by atoms with Crippen LogP contribution < -0.4 is 10.9 Å². The third kappa shape index (κ3) is 7.46. The van der Waals surface area contributed by atoms with Gasteiger partial charge in [-0.25, -0.2) is 0 Å². The van der Waals surface area contributed by atoms with Crippen molar-refractivity contribution in [3.05, 3.63) is 123 Å². The SMILES string of the molecule is CC(=O)[C@@H]1CCN(Cc2cnc3c(Cc4cccc(-c5cccc(NC(=O)c6cc(CN7CC[C@@H](O)C7)cn(C)c6=O)c5C)c4C)nccc3c2)C1. The Labute approximate surface area is 304 Å². The number of Topliss-reactive ketones (excluding diaryl/α,β-unsaturated/α-hetero) is 1. The van der Waals surface area contributed by atoms with E-state index in [0.717, 1.165) is 94.6 Å². The highest BCUT2D eigenvalue weighted by Gasteiger charge is 2.26. The number of amides is 1. The molecule has 2 aliphatic rings. The maximum absolute atomic E-state index is 13.6. The second kappa shape index (κ2) is 14.9. The molecular weight excluding hydrogens is 652 g/mol. The number of aryl methyl sites for hydroxylation is 1. The summed E-state index contributed by atoms with van der Waals surface area (Å²) in [6, 6.07) is 18.0. The highest BCUT2D eigenvalue weighted by atomic mass is 16.3. The van der Waals surface area contributed by atoms with Crippen molar-refractivity contribution in [2.75, 3.05) is 31.5 Å². The number of nitrogens with one attached hydrogen (secondary N) is 1. The van der Waals surface area contributed by atoms with Crippen molar-refractivity contribution < 1.29 is 14.7 Å². The van der Waals surface area contributed by atoms with Gasteiger partial charge in [-0.2, -0.15) is 0 Å². The molecular formula is C42H46N6O4. The number of fused-ring (bicyclic) bond motifs is 1. The average molecular weight is 699 g/mol. The van der Waals surface area contributed by atoms with Crippen LogP contribution in [0.5, 0.6) is 0 Å². The summed E-state index contributed by atoms with van der Waals surface area (Å²) < 4.78 is 1.45. The first-order valence-corrected chi connectivity index (χ1v) is 18.1. The predicted molar refractivity (Wildman–Crippen MR) is 203 cm³/mol. The second-order valence-corrected chi connectivity index (χ2v) is 14.6. The number of aromatic nitrogens is 3. The molecule has 1 amide bonds. The number of rotatable bonds is 10. The minimum absolute atomic E-state index is 0.0868. The van der Waals surface area contributed by atoms with Crippen LogP contribution in [0.3, 0.4) is 0 Å². The van der Waals surface area contributed by atoms with E-state index in [9.17, 15) is 19.5 Å². The molecule has 2 atom stereocenters. The largest absolute Gasteiger partial charge is 0.392 e. The number of benzene rings is 2. The van der Waals surface area contributed by atoms with Crippen molar-refractivity contribution in [1.29, 1.82) is 0 Å². The van der Waals surface area contributed by atoms with Crippen LogP contribution >= 0.6 is 0 Å². The smallest absolute Gasteiger partial charge is 0.263 e. The Kier molecular flexibility index (Phi) is 10.1. The van der Waals surface area contributed by atoms with Crippen LogP contribution in [0.2, 0.25) is 0 Å².